The molecule has 0 unspecified atom stereocenters. The van der Waals surface area contributed by atoms with Crippen molar-refractivity contribution in [3.05, 3.63) is 60.7 Å². The zero-order valence-corrected chi connectivity index (χ0v) is 12.2. The van der Waals surface area contributed by atoms with Gasteiger partial charge in [-0.25, -0.2) is 0 Å². The largest absolute Gasteiger partial charge is 0.358 e. The molecule has 0 heterocycles. The van der Waals surface area contributed by atoms with E-state index in [1.54, 1.807) is 6.08 Å². The Morgan fingerprint density at radius 3 is 2.75 bits per heavy atom. The highest BCUT2D eigenvalue weighted by molar-refractivity contribution is 7.80. The Labute approximate surface area is 124 Å². The summed E-state index contributed by atoms with van der Waals surface area (Å²) in [5.74, 6) is 0. The molecule has 0 aliphatic carbocycles. The number of nitrogens with one attached hydrogen (secondary N) is 2. The molecule has 2 rings (SSSR count). The number of benzene rings is 2. The third kappa shape index (κ3) is 3.65. The van der Waals surface area contributed by atoms with Crippen molar-refractivity contribution in [1.29, 1.82) is 0 Å². The second-order valence-corrected chi connectivity index (χ2v) is 4.78. The van der Waals surface area contributed by atoms with E-state index >= 15 is 0 Å². The lowest BCUT2D eigenvalue weighted by atomic mass is 10.0. The predicted octanol–water partition coefficient (Wildman–Crippen LogP) is 3.21. The fourth-order valence-corrected chi connectivity index (χ4v) is 1.95. The molecule has 0 radical (unpaired) electrons. The van der Waals surface area contributed by atoms with E-state index in [2.05, 4.69) is 52.8 Å². The molecule has 2 aromatic carbocycles. The van der Waals surface area contributed by atoms with Gasteiger partial charge in [0.05, 0.1) is 5.71 Å². The number of hydrogen-bond acceptors (Lipinski definition) is 2. The van der Waals surface area contributed by atoms with Gasteiger partial charge in [0.1, 0.15) is 0 Å². The van der Waals surface area contributed by atoms with Crippen molar-refractivity contribution in [2.24, 2.45) is 5.10 Å². The highest BCUT2D eigenvalue weighted by Crippen LogP contribution is 2.15. The minimum absolute atomic E-state index is 0.491. The smallest absolute Gasteiger partial charge is 0.187 e. The second kappa shape index (κ2) is 6.82. The maximum absolute atomic E-state index is 5.09. The molecular weight excluding hydrogens is 266 g/mol. The fourth-order valence-electron chi connectivity index (χ4n) is 1.82. The first-order valence-corrected chi connectivity index (χ1v) is 6.80. The van der Waals surface area contributed by atoms with E-state index in [-0.39, 0.29) is 0 Å². The van der Waals surface area contributed by atoms with Crippen LogP contribution in [0.2, 0.25) is 0 Å². The van der Waals surface area contributed by atoms with Gasteiger partial charge in [0.2, 0.25) is 0 Å². The molecule has 0 aliphatic heterocycles. The summed E-state index contributed by atoms with van der Waals surface area (Å²) in [4.78, 5) is 0. The lowest BCUT2D eigenvalue weighted by Crippen LogP contribution is -2.32. The van der Waals surface area contributed by atoms with Crippen LogP contribution < -0.4 is 10.7 Å². The minimum Gasteiger partial charge on any atom is -0.358 e. The monoisotopic (exact) mass is 283 g/mol. The van der Waals surface area contributed by atoms with Gasteiger partial charge in [-0.2, -0.15) is 5.10 Å². The van der Waals surface area contributed by atoms with Crippen LogP contribution in [0.4, 0.5) is 0 Å². The van der Waals surface area contributed by atoms with Gasteiger partial charge in [0.25, 0.3) is 0 Å². The molecule has 4 heteroatoms. The molecule has 0 aliphatic rings. The van der Waals surface area contributed by atoms with Gasteiger partial charge < -0.3 is 5.32 Å². The number of thiocarbonyl (C=S) groups is 1. The summed E-state index contributed by atoms with van der Waals surface area (Å²) < 4.78 is 0. The molecule has 0 amide bonds. The summed E-state index contributed by atoms with van der Waals surface area (Å²) in [7, 11) is 0. The van der Waals surface area contributed by atoms with E-state index in [4.69, 9.17) is 12.2 Å². The first-order valence-electron chi connectivity index (χ1n) is 6.39. The van der Waals surface area contributed by atoms with Crippen LogP contribution in [-0.4, -0.2) is 17.4 Å². The van der Waals surface area contributed by atoms with Crippen LogP contribution in [0.15, 0.2) is 60.2 Å². The van der Waals surface area contributed by atoms with E-state index in [0.29, 0.717) is 11.7 Å². The minimum atomic E-state index is 0.491. The van der Waals surface area contributed by atoms with Crippen molar-refractivity contribution >= 4 is 33.8 Å². The number of hydrazone groups is 1. The van der Waals surface area contributed by atoms with E-state index in [1.165, 1.54) is 10.8 Å². The van der Waals surface area contributed by atoms with E-state index in [1.807, 2.05) is 19.1 Å². The van der Waals surface area contributed by atoms with Crippen molar-refractivity contribution in [1.82, 2.24) is 10.7 Å². The Morgan fingerprint density at radius 2 is 2.00 bits per heavy atom. The van der Waals surface area contributed by atoms with Crippen molar-refractivity contribution < 1.29 is 0 Å². The molecule has 0 saturated carbocycles. The lowest BCUT2D eigenvalue weighted by molar-refractivity contribution is 0.936. The summed E-state index contributed by atoms with van der Waals surface area (Å²) in [6, 6.07) is 14.5. The molecule has 2 aromatic rings. The molecule has 0 fully saturated rings. The van der Waals surface area contributed by atoms with E-state index in [0.717, 1.165) is 11.3 Å². The average molecular weight is 283 g/mol. The zero-order chi connectivity index (χ0) is 14.4. The van der Waals surface area contributed by atoms with Gasteiger partial charge in [0.15, 0.2) is 5.11 Å². The lowest BCUT2D eigenvalue weighted by Gasteiger charge is -2.07. The number of fused-ring (bicyclic) bond motifs is 1. The Hall–Kier alpha value is -2.20. The third-order valence-electron chi connectivity index (χ3n) is 2.90. The van der Waals surface area contributed by atoms with Crippen LogP contribution in [0.3, 0.4) is 0 Å². The summed E-state index contributed by atoms with van der Waals surface area (Å²) >= 11 is 5.09. The Morgan fingerprint density at radius 1 is 1.25 bits per heavy atom. The van der Waals surface area contributed by atoms with Crippen LogP contribution in [0.5, 0.6) is 0 Å². The first-order chi connectivity index (χ1) is 9.70. The molecule has 20 heavy (non-hydrogen) atoms. The molecule has 0 bridgehead atoms. The highest BCUT2D eigenvalue weighted by Gasteiger charge is 2.00. The van der Waals surface area contributed by atoms with E-state index < -0.39 is 0 Å². The van der Waals surface area contributed by atoms with Crippen molar-refractivity contribution in [2.45, 2.75) is 6.92 Å². The van der Waals surface area contributed by atoms with Gasteiger partial charge in [-0.1, -0.05) is 42.5 Å². The van der Waals surface area contributed by atoms with Gasteiger partial charge >= 0.3 is 0 Å². The van der Waals surface area contributed by atoms with E-state index in [9.17, 15) is 0 Å². The first kappa shape index (κ1) is 14.2. The van der Waals surface area contributed by atoms with Crippen molar-refractivity contribution in [2.75, 3.05) is 6.54 Å². The molecule has 0 spiro atoms. The summed E-state index contributed by atoms with van der Waals surface area (Å²) in [5, 5.41) is 10.2. The molecule has 2 N–H and O–H groups in total. The van der Waals surface area contributed by atoms with Crippen LogP contribution >= 0.6 is 12.2 Å². The van der Waals surface area contributed by atoms with Gasteiger partial charge in [-0.3, -0.25) is 5.43 Å². The number of hydrogen-bond donors (Lipinski definition) is 2. The number of rotatable bonds is 4. The molecule has 0 aromatic heterocycles. The molecule has 102 valence electrons. The Kier molecular flexibility index (Phi) is 4.85. The normalized spacial score (nSPS) is 11.2. The molecule has 3 nitrogen and oxygen atoms in total. The Balaban J connectivity index is 2.12. The van der Waals surface area contributed by atoms with Gasteiger partial charge in [-0.05, 0) is 41.5 Å². The van der Waals surface area contributed by atoms with Crippen LogP contribution in [0.1, 0.15) is 12.5 Å². The maximum atomic E-state index is 5.09. The van der Waals surface area contributed by atoms with Gasteiger partial charge in [0, 0.05) is 6.54 Å². The van der Waals surface area contributed by atoms with Gasteiger partial charge in [-0.15, -0.1) is 6.58 Å². The maximum Gasteiger partial charge on any atom is 0.187 e. The van der Waals surface area contributed by atoms with Crippen LogP contribution in [-0.2, 0) is 0 Å². The Bertz CT molecular complexity index is 662. The zero-order valence-electron chi connectivity index (χ0n) is 11.4. The van der Waals surface area contributed by atoms with Crippen LogP contribution in [0.25, 0.3) is 10.8 Å². The highest BCUT2D eigenvalue weighted by atomic mass is 32.1. The van der Waals surface area contributed by atoms with Crippen LogP contribution in [0, 0.1) is 0 Å². The summed E-state index contributed by atoms with van der Waals surface area (Å²) in [6.45, 7) is 6.19. The molecule has 0 saturated heterocycles. The quantitative estimate of drug-likeness (QED) is 0.391. The average Bonchev–Trinajstić information content (AvgIpc) is 2.50. The molecule has 0 atom stereocenters. The second-order valence-electron chi connectivity index (χ2n) is 4.37. The predicted molar refractivity (Wildman–Crippen MR) is 90.1 cm³/mol. The summed E-state index contributed by atoms with van der Waals surface area (Å²) in [5.41, 5.74) is 4.78. The standard InChI is InChI=1S/C16H17N3S/c1-3-10-17-16(20)19-18-12(2)14-9-8-13-6-4-5-7-15(13)11-14/h3-9,11H,1,10H2,2H3,(H2,17,19,20). The number of nitrogens with zero attached hydrogens (tertiary/aromatic N) is 1. The topological polar surface area (TPSA) is 36.4 Å². The van der Waals surface area contributed by atoms with Crippen molar-refractivity contribution in [3.63, 3.8) is 0 Å². The third-order valence-corrected chi connectivity index (χ3v) is 3.13. The van der Waals surface area contributed by atoms with Crippen molar-refractivity contribution in [3.8, 4) is 0 Å². The SMILES string of the molecule is C=CCNC(=S)NN=C(C)c1ccc2ccccc2c1. The summed E-state index contributed by atoms with van der Waals surface area (Å²) in [6.07, 6.45) is 1.74. The molecular formula is C16H17N3S. The fraction of sp³-hybridized carbons (Fsp3) is 0.125.